The highest BCUT2D eigenvalue weighted by molar-refractivity contribution is 5.64. The van der Waals surface area contributed by atoms with Crippen LogP contribution in [0.25, 0.3) is 0 Å². The molecule has 0 saturated carbocycles. The summed E-state index contributed by atoms with van der Waals surface area (Å²) in [7, 11) is 0. The molecule has 0 heterocycles. The number of nitro benzene ring substituents is 1. The van der Waals surface area contributed by atoms with E-state index in [0.717, 1.165) is 0 Å². The summed E-state index contributed by atoms with van der Waals surface area (Å²) < 4.78 is 28.6. The smallest absolute Gasteiger partial charge is 0.387 e. The summed E-state index contributed by atoms with van der Waals surface area (Å²) in [5.41, 5.74) is 0.787. The molecule has 0 amide bonds. The van der Waals surface area contributed by atoms with Gasteiger partial charge in [0.25, 0.3) is 5.69 Å². The number of nitrogens with one attached hydrogen (secondary N) is 1. The second kappa shape index (κ2) is 7.17. The first-order valence-corrected chi connectivity index (χ1v) is 6.46. The molecule has 0 unspecified atom stereocenters. The molecule has 0 atom stereocenters. The molecular formula is C15H11F2N3O3. The van der Waals surface area contributed by atoms with Gasteiger partial charge in [-0.25, -0.2) is 0 Å². The van der Waals surface area contributed by atoms with Gasteiger partial charge in [-0.05, 0) is 29.8 Å². The van der Waals surface area contributed by atoms with Gasteiger partial charge in [-0.1, -0.05) is 12.1 Å². The number of nitrogens with zero attached hydrogens (tertiary/aromatic N) is 2. The van der Waals surface area contributed by atoms with Gasteiger partial charge in [0.05, 0.1) is 16.6 Å². The number of halogens is 2. The molecule has 0 aromatic heterocycles. The SMILES string of the molecule is N#Cc1ccc(NCc2cccc(OC(F)F)c2)c([N+](=O)[O-])c1. The zero-order chi connectivity index (χ0) is 16.8. The summed E-state index contributed by atoms with van der Waals surface area (Å²) in [6, 6.07) is 11.9. The van der Waals surface area contributed by atoms with E-state index in [4.69, 9.17) is 5.26 Å². The lowest BCUT2D eigenvalue weighted by Crippen LogP contribution is -2.05. The first-order chi connectivity index (χ1) is 11.0. The first-order valence-electron chi connectivity index (χ1n) is 6.46. The molecule has 1 N–H and O–H groups in total. The van der Waals surface area contributed by atoms with Gasteiger partial charge >= 0.3 is 6.61 Å². The molecule has 0 aliphatic heterocycles. The monoisotopic (exact) mass is 319 g/mol. The minimum Gasteiger partial charge on any atom is -0.435 e. The summed E-state index contributed by atoms with van der Waals surface area (Å²) in [6.45, 7) is -2.74. The van der Waals surface area contributed by atoms with Crippen LogP contribution >= 0.6 is 0 Å². The van der Waals surface area contributed by atoms with E-state index in [0.29, 0.717) is 5.56 Å². The fourth-order valence-corrected chi connectivity index (χ4v) is 1.93. The Labute approximate surface area is 130 Å². The predicted molar refractivity (Wildman–Crippen MR) is 78.2 cm³/mol. The highest BCUT2D eigenvalue weighted by Crippen LogP contribution is 2.26. The number of nitro groups is 1. The van der Waals surface area contributed by atoms with Crippen molar-refractivity contribution in [3.63, 3.8) is 0 Å². The van der Waals surface area contributed by atoms with E-state index in [1.54, 1.807) is 12.1 Å². The van der Waals surface area contributed by atoms with Crippen molar-refractivity contribution in [2.75, 3.05) is 5.32 Å². The third-order valence-electron chi connectivity index (χ3n) is 2.93. The third kappa shape index (κ3) is 4.38. The van der Waals surface area contributed by atoms with Crippen molar-refractivity contribution in [1.82, 2.24) is 0 Å². The van der Waals surface area contributed by atoms with E-state index in [9.17, 15) is 18.9 Å². The molecule has 0 bridgehead atoms. The number of rotatable bonds is 6. The summed E-state index contributed by atoms with van der Waals surface area (Å²) in [4.78, 5) is 10.4. The molecule has 2 aromatic carbocycles. The molecule has 0 aliphatic rings. The first kappa shape index (κ1) is 16.2. The Morgan fingerprint density at radius 2 is 2.09 bits per heavy atom. The highest BCUT2D eigenvalue weighted by atomic mass is 19.3. The largest absolute Gasteiger partial charge is 0.435 e. The van der Waals surface area contributed by atoms with Crippen LogP contribution in [0.4, 0.5) is 20.2 Å². The van der Waals surface area contributed by atoms with Crippen molar-refractivity contribution in [3.05, 3.63) is 63.7 Å². The molecule has 6 nitrogen and oxygen atoms in total. The van der Waals surface area contributed by atoms with Crippen molar-refractivity contribution < 1.29 is 18.4 Å². The predicted octanol–water partition coefficient (Wildman–Crippen LogP) is 3.68. The highest BCUT2D eigenvalue weighted by Gasteiger charge is 2.14. The number of hydrogen-bond donors (Lipinski definition) is 1. The number of benzene rings is 2. The maximum atomic E-state index is 12.2. The molecule has 0 spiro atoms. The quantitative estimate of drug-likeness (QED) is 0.648. The maximum Gasteiger partial charge on any atom is 0.387 e. The Balaban J connectivity index is 2.15. The maximum absolute atomic E-state index is 12.2. The van der Waals surface area contributed by atoms with Crippen LogP contribution in [0.5, 0.6) is 5.75 Å². The molecule has 23 heavy (non-hydrogen) atoms. The number of hydrogen-bond acceptors (Lipinski definition) is 5. The number of nitriles is 1. The van der Waals surface area contributed by atoms with Gasteiger partial charge in [0.15, 0.2) is 0 Å². The van der Waals surface area contributed by atoms with Crippen molar-refractivity contribution >= 4 is 11.4 Å². The van der Waals surface area contributed by atoms with Crippen LogP contribution in [-0.4, -0.2) is 11.5 Å². The molecule has 0 radical (unpaired) electrons. The van der Waals surface area contributed by atoms with Crippen molar-refractivity contribution in [3.8, 4) is 11.8 Å². The molecule has 2 rings (SSSR count). The summed E-state index contributed by atoms with van der Waals surface area (Å²) in [5.74, 6) is 0.00799. The lowest BCUT2D eigenvalue weighted by molar-refractivity contribution is -0.384. The number of alkyl halides is 2. The van der Waals surface area contributed by atoms with Crippen molar-refractivity contribution in [1.29, 1.82) is 5.26 Å². The molecule has 0 aliphatic carbocycles. The van der Waals surface area contributed by atoms with Crippen LogP contribution in [0, 0.1) is 21.4 Å². The van der Waals surface area contributed by atoms with Gasteiger partial charge in [-0.15, -0.1) is 0 Å². The van der Waals surface area contributed by atoms with Gasteiger partial charge in [0.1, 0.15) is 11.4 Å². The zero-order valence-corrected chi connectivity index (χ0v) is 11.7. The van der Waals surface area contributed by atoms with Crippen molar-refractivity contribution in [2.45, 2.75) is 13.2 Å². The van der Waals surface area contributed by atoms with Crippen LogP contribution in [-0.2, 0) is 6.54 Å². The van der Waals surface area contributed by atoms with Crippen LogP contribution < -0.4 is 10.1 Å². The Morgan fingerprint density at radius 1 is 1.30 bits per heavy atom. The second-order valence-electron chi connectivity index (χ2n) is 4.48. The number of anilines is 1. The van der Waals surface area contributed by atoms with Gasteiger partial charge < -0.3 is 10.1 Å². The average molecular weight is 319 g/mol. The van der Waals surface area contributed by atoms with E-state index in [1.807, 2.05) is 6.07 Å². The molecular weight excluding hydrogens is 308 g/mol. The summed E-state index contributed by atoms with van der Waals surface area (Å²) >= 11 is 0. The Kier molecular flexibility index (Phi) is 5.04. The van der Waals surface area contributed by atoms with E-state index in [1.165, 1.54) is 30.3 Å². The Morgan fingerprint density at radius 3 is 2.74 bits per heavy atom. The average Bonchev–Trinajstić information content (AvgIpc) is 2.52. The van der Waals surface area contributed by atoms with Gasteiger partial charge in [-0.2, -0.15) is 14.0 Å². The summed E-state index contributed by atoms with van der Waals surface area (Å²) in [5, 5.41) is 22.7. The minimum atomic E-state index is -2.92. The fourth-order valence-electron chi connectivity index (χ4n) is 1.93. The molecule has 0 fully saturated rings. The second-order valence-corrected chi connectivity index (χ2v) is 4.48. The molecule has 0 saturated heterocycles. The zero-order valence-electron chi connectivity index (χ0n) is 11.7. The van der Waals surface area contributed by atoms with Crippen LogP contribution in [0.1, 0.15) is 11.1 Å². The summed E-state index contributed by atoms with van der Waals surface area (Å²) in [6.07, 6.45) is 0. The normalized spacial score (nSPS) is 10.2. The lowest BCUT2D eigenvalue weighted by Gasteiger charge is -2.09. The molecule has 118 valence electrons. The Bertz CT molecular complexity index is 760. The van der Waals surface area contributed by atoms with Crippen LogP contribution in [0.2, 0.25) is 0 Å². The van der Waals surface area contributed by atoms with E-state index in [-0.39, 0.29) is 29.2 Å². The number of ether oxygens (including phenoxy) is 1. The van der Waals surface area contributed by atoms with Crippen LogP contribution in [0.3, 0.4) is 0 Å². The Hall–Kier alpha value is -3.21. The van der Waals surface area contributed by atoms with E-state index < -0.39 is 11.5 Å². The van der Waals surface area contributed by atoms with Crippen LogP contribution in [0.15, 0.2) is 42.5 Å². The topological polar surface area (TPSA) is 88.2 Å². The minimum absolute atomic E-state index is 0.00799. The lowest BCUT2D eigenvalue weighted by atomic mass is 10.1. The van der Waals surface area contributed by atoms with Gasteiger partial charge in [-0.3, -0.25) is 10.1 Å². The molecule has 2 aromatic rings. The van der Waals surface area contributed by atoms with Gasteiger partial charge in [0.2, 0.25) is 0 Å². The standard InChI is InChI=1S/C15H11F2N3O3/c16-15(17)23-12-3-1-2-11(6-12)9-19-13-5-4-10(8-18)7-14(13)20(21)22/h1-7,15,19H,9H2. The van der Waals surface area contributed by atoms with E-state index >= 15 is 0 Å². The van der Waals surface area contributed by atoms with E-state index in [2.05, 4.69) is 10.1 Å². The molecule has 8 heteroatoms. The van der Waals surface area contributed by atoms with Gasteiger partial charge in [0, 0.05) is 12.6 Å². The fraction of sp³-hybridized carbons (Fsp3) is 0.133. The third-order valence-corrected chi connectivity index (χ3v) is 2.93. The van der Waals surface area contributed by atoms with Crippen molar-refractivity contribution in [2.24, 2.45) is 0 Å².